The van der Waals surface area contributed by atoms with Crippen LogP contribution in [0.2, 0.25) is 0 Å². The Kier molecular flexibility index (Phi) is 7.49. The highest BCUT2D eigenvalue weighted by atomic mass is 16.6. The standard InChI is InChI=1S/C32H44O7/c1-19(33)24-15-17-32(37)25-12-11-22-18-23(35)14-16-30(22,3)27(25)28(29(31(24,32)4)38-20(2)34)39-26(36)13-10-21-8-6-5-7-9-21/h5-10,13,19,22-25,27-29,33,35,37H,11-12,14-18H2,1-4H3/b13-10+/t19-,22+,23+,24-,25-,27-,28+,29-,30+,31+,32+/m1/s1. The summed E-state index contributed by atoms with van der Waals surface area (Å²) < 4.78 is 12.4. The maximum Gasteiger partial charge on any atom is 0.331 e. The molecule has 214 valence electrons. The lowest BCUT2D eigenvalue weighted by Gasteiger charge is -2.66. The maximum atomic E-state index is 13.4. The second-order valence-electron chi connectivity index (χ2n) is 13.1. The van der Waals surface area contributed by atoms with Gasteiger partial charge in [0.25, 0.3) is 0 Å². The van der Waals surface area contributed by atoms with Crippen molar-refractivity contribution in [2.24, 2.45) is 34.5 Å². The summed E-state index contributed by atoms with van der Waals surface area (Å²) in [4.78, 5) is 26.0. The van der Waals surface area contributed by atoms with Gasteiger partial charge in [0.1, 0.15) is 12.2 Å². The number of fused-ring (bicyclic) bond motifs is 5. The van der Waals surface area contributed by atoms with E-state index in [9.17, 15) is 24.9 Å². The average molecular weight is 541 g/mol. The van der Waals surface area contributed by atoms with Crippen molar-refractivity contribution in [3.05, 3.63) is 42.0 Å². The van der Waals surface area contributed by atoms with Crippen molar-refractivity contribution in [3.8, 4) is 0 Å². The molecule has 7 nitrogen and oxygen atoms in total. The summed E-state index contributed by atoms with van der Waals surface area (Å²) in [7, 11) is 0. The van der Waals surface area contributed by atoms with Crippen LogP contribution in [-0.2, 0) is 19.1 Å². The van der Waals surface area contributed by atoms with E-state index >= 15 is 0 Å². The van der Waals surface area contributed by atoms with Gasteiger partial charge in [-0.2, -0.15) is 0 Å². The summed E-state index contributed by atoms with van der Waals surface area (Å²) in [5.41, 5.74) is -1.63. The van der Waals surface area contributed by atoms with Crippen LogP contribution in [-0.4, -0.2) is 57.3 Å². The van der Waals surface area contributed by atoms with Crippen LogP contribution in [0.1, 0.15) is 78.2 Å². The minimum Gasteiger partial charge on any atom is -0.458 e. The molecule has 3 N–H and O–H groups in total. The molecule has 0 unspecified atom stereocenters. The van der Waals surface area contributed by atoms with E-state index in [4.69, 9.17) is 9.47 Å². The van der Waals surface area contributed by atoms with E-state index < -0.39 is 41.3 Å². The molecule has 4 aliphatic carbocycles. The van der Waals surface area contributed by atoms with Gasteiger partial charge in [-0.1, -0.05) is 44.2 Å². The Balaban J connectivity index is 1.60. The molecule has 0 radical (unpaired) electrons. The second-order valence-corrected chi connectivity index (χ2v) is 13.1. The molecular weight excluding hydrogens is 496 g/mol. The molecule has 0 amide bonds. The number of aliphatic hydroxyl groups excluding tert-OH is 2. The van der Waals surface area contributed by atoms with Crippen LogP contribution >= 0.6 is 0 Å². The van der Waals surface area contributed by atoms with E-state index in [1.807, 2.05) is 37.3 Å². The van der Waals surface area contributed by atoms with Crippen LogP contribution in [0.4, 0.5) is 0 Å². The van der Waals surface area contributed by atoms with E-state index in [0.717, 1.165) is 24.8 Å². The van der Waals surface area contributed by atoms with Gasteiger partial charge in [-0.05, 0) is 86.7 Å². The average Bonchev–Trinajstić information content (AvgIpc) is 3.17. The normalized spacial score (nSPS) is 44.1. The van der Waals surface area contributed by atoms with Gasteiger partial charge >= 0.3 is 11.9 Å². The van der Waals surface area contributed by atoms with Crippen LogP contribution in [0.3, 0.4) is 0 Å². The molecule has 7 heteroatoms. The summed E-state index contributed by atoms with van der Waals surface area (Å²) in [5.74, 6) is -1.59. The van der Waals surface area contributed by atoms with Gasteiger partial charge < -0.3 is 24.8 Å². The highest BCUT2D eigenvalue weighted by Gasteiger charge is 2.75. The summed E-state index contributed by atoms with van der Waals surface area (Å²) in [5, 5.41) is 34.0. The zero-order chi connectivity index (χ0) is 28.2. The molecule has 0 spiro atoms. The van der Waals surface area contributed by atoms with Crippen molar-refractivity contribution in [1.82, 2.24) is 0 Å². The van der Waals surface area contributed by atoms with E-state index in [0.29, 0.717) is 25.7 Å². The lowest BCUT2D eigenvalue weighted by atomic mass is 9.41. The largest absolute Gasteiger partial charge is 0.458 e. The summed E-state index contributed by atoms with van der Waals surface area (Å²) in [6, 6.07) is 9.49. The smallest absolute Gasteiger partial charge is 0.331 e. The molecule has 0 aliphatic heterocycles. The van der Waals surface area contributed by atoms with Gasteiger partial charge in [0.05, 0.1) is 17.8 Å². The predicted molar refractivity (Wildman–Crippen MR) is 146 cm³/mol. The minimum absolute atomic E-state index is 0.189. The third kappa shape index (κ3) is 4.54. The van der Waals surface area contributed by atoms with Crippen LogP contribution in [0, 0.1) is 34.5 Å². The number of carbonyl (C=O) groups is 2. The molecule has 5 rings (SSSR count). The quantitative estimate of drug-likeness (QED) is 0.377. The highest BCUT2D eigenvalue weighted by Crippen LogP contribution is 2.70. The Labute approximate surface area is 231 Å². The van der Waals surface area contributed by atoms with E-state index in [-0.39, 0.29) is 35.2 Å². The molecule has 4 aliphatic rings. The van der Waals surface area contributed by atoms with Crippen LogP contribution < -0.4 is 0 Å². The molecule has 0 aromatic heterocycles. The number of ether oxygens (including phenoxy) is 2. The summed E-state index contributed by atoms with van der Waals surface area (Å²) in [6.45, 7) is 7.19. The van der Waals surface area contributed by atoms with Crippen LogP contribution in [0.5, 0.6) is 0 Å². The van der Waals surface area contributed by atoms with Gasteiger partial charge in [-0.15, -0.1) is 0 Å². The lowest BCUT2D eigenvalue weighted by molar-refractivity contribution is -0.295. The number of rotatable bonds is 5. The lowest BCUT2D eigenvalue weighted by Crippen LogP contribution is -2.73. The van der Waals surface area contributed by atoms with Gasteiger partial charge in [0.2, 0.25) is 0 Å². The zero-order valence-corrected chi connectivity index (χ0v) is 23.6. The molecule has 0 saturated heterocycles. The molecule has 11 atom stereocenters. The zero-order valence-electron chi connectivity index (χ0n) is 23.6. The number of hydrogen-bond acceptors (Lipinski definition) is 7. The number of hydrogen-bond donors (Lipinski definition) is 3. The number of aliphatic hydroxyl groups is 3. The summed E-state index contributed by atoms with van der Waals surface area (Å²) >= 11 is 0. The third-order valence-corrected chi connectivity index (χ3v) is 11.3. The fourth-order valence-electron chi connectivity index (χ4n) is 9.43. The van der Waals surface area contributed by atoms with E-state index in [2.05, 4.69) is 6.92 Å². The second kappa shape index (κ2) is 10.3. The van der Waals surface area contributed by atoms with E-state index in [1.165, 1.54) is 13.0 Å². The molecule has 0 heterocycles. The fourth-order valence-corrected chi connectivity index (χ4v) is 9.43. The predicted octanol–water partition coefficient (Wildman–Crippen LogP) is 4.28. The maximum absolute atomic E-state index is 13.4. The molecular formula is C32H44O7. The molecule has 0 bridgehead atoms. The Bertz CT molecular complexity index is 1100. The first-order valence-electron chi connectivity index (χ1n) is 14.6. The van der Waals surface area contributed by atoms with Crippen molar-refractivity contribution in [3.63, 3.8) is 0 Å². The van der Waals surface area contributed by atoms with Crippen molar-refractivity contribution in [1.29, 1.82) is 0 Å². The monoisotopic (exact) mass is 540 g/mol. The number of benzene rings is 1. The third-order valence-electron chi connectivity index (χ3n) is 11.3. The van der Waals surface area contributed by atoms with Crippen molar-refractivity contribution in [2.45, 2.75) is 103 Å². The Morgan fingerprint density at radius 3 is 2.44 bits per heavy atom. The van der Waals surface area contributed by atoms with Crippen molar-refractivity contribution in [2.75, 3.05) is 0 Å². The number of esters is 2. The first kappa shape index (κ1) is 28.3. The highest BCUT2D eigenvalue weighted by molar-refractivity contribution is 5.87. The molecule has 1 aromatic carbocycles. The SMILES string of the molecule is CC(=O)O[C@@H]1[C@@H](OC(=O)/C=C/c2ccccc2)[C@H]2[C@@H](CC[C@H]3C[C@@H](O)CC[C@@]32C)[C@@]2(O)CC[C@H]([C@@H](C)O)[C@@]12C. The van der Waals surface area contributed by atoms with Gasteiger partial charge in [-0.3, -0.25) is 4.79 Å². The minimum atomic E-state index is -1.19. The Morgan fingerprint density at radius 1 is 1.05 bits per heavy atom. The van der Waals surface area contributed by atoms with Gasteiger partial charge in [0.15, 0.2) is 0 Å². The van der Waals surface area contributed by atoms with Crippen LogP contribution in [0.15, 0.2) is 36.4 Å². The van der Waals surface area contributed by atoms with E-state index in [1.54, 1.807) is 13.0 Å². The van der Waals surface area contributed by atoms with Gasteiger partial charge in [-0.25, -0.2) is 4.79 Å². The Morgan fingerprint density at radius 2 is 1.77 bits per heavy atom. The number of carbonyl (C=O) groups excluding carboxylic acids is 2. The van der Waals surface area contributed by atoms with Gasteiger partial charge in [0, 0.05) is 24.3 Å². The first-order chi connectivity index (χ1) is 18.4. The van der Waals surface area contributed by atoms with Crippen molar-refractivity contribution >= 4 is 18.0 Å². The molecule has 4 fully saturated rings. The molecule has 1 aromatic rings. The van der Waals surface area contributed by atoms with Crippen molar-refractivity contribution < 1.29 is 34.4 Å². The fraction of sp³-hybridized carbons (Fsp3) is 0.688. The topological polar surface area (TPSA) is 113 Å². The molecule has 4 saturated carbocycles. The first-order valence-corrected chi connectivity index (χ1v) is 14.6. The Hall–Kier alpha value is -2.22. The molecule has 39 heavy (non-hydrogen) atoms. The summed E-state index contributed by atoms with van der Waals surface area (Å²) in [6.07, 6.45) is 5.09. The van der Waals surface area contributed by atoms with Crippen LogP contribution in [0.25, 0.3) is 6.08 Å².